The molecule has 0 aromatic heterocycles. The lowest BCUT2D eigenvalue weighted by molar-refractivity contribution is -0.150. The topological polar surface area (TPSA) is 46.5 Å². The van der Waals surface area contributed by atoms with Gasteiger partial charge in [0, 0.05) is 0 Å². The summed E-state index contributed by atoms with van der Waals surface area (Å²) < 4.78 is 4.46. The monoisotopic (exact) mass is 334 g/mol. The van der Waals surface area contributed by atoms with Crippen LogP contribution in [-0.4, -0.2) is 24.3 Å². The first-order chi connectivity index (χ1) is 11.7. The number of carbonyl (C=O) groups excluding carboxylic acids is 1. The van der Waals surface area contributed by atoms with Gasteiger partial charge in [0.25, 0.3) is 0 Å². The van der Waals surface area contributed by atoms with Crippen molar-refractivity contribution in [2.45, 2.75) is 70.8 Å². The number of rotatable bonds is 14. The minimum absolute atomic E-state index is 0.404. The van der Waals surface area contributed by atoms with Gasteiger partial charge in [0.15, 0.2) is 6.10 Å². The smallest absolute Gasteiger partial charge is 0.334 e. The number of allylic oxidation sites excluding steroid dienone is 8. The highest BCUT2D eigenvalue weighted by atomic mass is 16.5. The van der Waals surface area contributed by atoms with Gasteiger partial charge < -0.3 is 9.84 Å². The number of hydrogen-bond donors (Lipinski definition) is 1. The van der Waals surface area contributed by atoms with E-state index < -0.39 is 12.1 Å². The van der Waals surface area contributed by atoms with Gasteiger partial charge in [-0.2, -0.15) is 0 Å². The van der Waals surface area contributed by atoms with Gasteiger partial charge in [0.2, 0.25) is 0 Å². The zero-order valence-electron chi connectivity index (χ0n) is 15.3. The molecule has 0 aliphatic carbocycles. The second kappa shape index (κ2) is 17.7. The summed E-state index contributed by atoms with van der Waals surface area (Å²) in [5.41, 5.74) is 0. The summed E-state index contributed by atoms with van der Waals surface area (Å²) in [6.07, 6.45) is 25.2. The molecule has 0 aliphatic rings. The molecule has 0 bridgehead atoms. The van der Waals surface area contributed by atoms with Crippen LogP contribution in [0.4, 0.5) is 0 Å². The van der Waals surface area contributed by atoms with Crippen LogP contribution in [0.1, 0.15) is 64.7 Å². The van der Waals surface area contributed by atoms with Crippen LogP contribution in [-0.2, 0) is 9.53 Å². The Morgan fingerprint density at radius 1 is 0.875 bits per heavy atom. The molecule has 0 amide bonds. The van der Waals surface area contributed by atoms with Crippen LogP contribution < -0.4 is 0 Å². The Balaban J connectivity index is 3.53. The number of ether oxygens (including phenoxy) is 1. The number of esters is 1. The van der Waals surface area contributed by atoms with Crippen LogP contribution in [0.3, 0.4) is 0 Å². The molecule has 0 aromatic rings. The molecule has 0 fully saturated rings. The summed E-state index contributed by atoms with van der Waals surface area (Å²) in [7, 11) is 1.28. The first-order valence-electron chi connectivity index (χ1n) is 9.08. The van der Waals surface area contributed by atoms with E-state index in [-0.39, 0.29) is 0 Å². The van der Waals surface area contributed by atoms with Crippen LogP contribution in [0.15, 0.2) is 48.6 Å². The van der Waals surface area contributed by atoms with E-state index in [9.17, 15) is 9.90 Å². The van der Waals surface area contributed by atoms with E-state index in [1.165, 1.54) is 32.8 Å². The molecule has 24 heavy (non-hydrogen) atoms. The van der Waals surface area contributed by atoms with Crippen molar-refractivity contribution < 1.29 is 14.6 Å². The van der Waals surface area contributed by atoms with E-state index in [1.807, 2.05) is 12.2 Å². The summed E-state index contributed by atoms with van der Waals surface area (Å²) in [4.78, 5) is 11.0. The normalized spacial score (nSPS) is 13.6. The van der Waals surface area contributed by atoms with Crippen molar-refractivity contribution in [2.24, 2.45) is 0 Å². The number of unbranched alkanes of at least 4 members (excludes halogenated alkanes) is 3. The molecule has 0 spiro atoms. The van der Waals surface area contributed by atoms with Gasteiger partial charge in [-0.3, -0.25) is 0 Å². The molecular formula is C21H34O3. The molecule has 0 radical (unpaired) electrons. The number of methoxy groups -OCH3 is 1. The van der Waals surface area contributed by atoms with Crippen molar-refractivity contribution in [1.82, 2.24) is 0 Å². The molecule has 0 heterocycles. The van der Waals surface area contributed by atoms with Gasteiger partial charge in [-0.1, -0.05) is 68.4 Å². The summed E-state index contributed by atoms with van der Waals surface area (Å²) in [6.45, 7) is 2.23. The maximum Gasteiger partial charge on any atom is 0.334 e. The van der Waals surface area contributed by atoms with Crippen LogP contribution in [0.2, 0.25) is 0 Å². The standard InChI is InChI=1S/C21H34O3/c1-3-4-5-6-7-8-9-10-11-12-13-14-15-16-17-18-19-20(22)21(23)24-2/h7-8,10-11,13-14,16-17,20,22H,3-6,9,12,15,18-19H2,1-2H3/t20-/m1/s1. The quantitative estimate of drug-likeness (QED) is 0.267. The van der Waals surface area contributed by atoms with Crippen molar-refractivity contribution in [3.05, 3.63) is 48.6 Å². The zero-order chi connectivity index (χ0) is 17.9. The lowest BCUT2D eigenvalue weighted by atomic mass is 10.2. The fraction of sp³-hybridized carbons (Fsp3) is 0.571. The second-order valence-electron chi connectivity index (χ2n) is 5.70. The van der Waals surface area contributed by atoms with Crippen LogP contribution in [0.25, 0.3) is 0 Å². The number of aliphatic hydroxyl groups is 1. The minimum atomic E-state index is -1.01. The number of carbonyl (C=O) groups is 1. The Kier molecular flexibility index (Phi) is 16.5. The van der Waals surface area contributed by atoms with E-state index >= 15 is 0 Å². The molecule has 3 nitrogen and oxygen atoms in total. The molecule has 0 saturated carbocycles. The maximum absolute atomic E-state index is 11.0. The van der Waals surface area contributed by atoms with Crippen LogP contribution in [0, 0.1) is 0 Å². The van der Waals surface area contributed by atoms with Crippen LogP contribution in [0.5, 0.6) is 0 Å². The third-order valence-electron chi connectivity index (χ3n) is 3.54. The molecule has 0 rings (SSSR count). The predicted molar refractivity (Wildman–Crippen MR) is 102 cm³/mol. The molecule has 0 aromatic carbocycles. The Bertz CT molecular complexity index is 405. The second-order valence-corrected chi connectivity index (χ2v) is 5.70. The first kappa shape index (κ1) is 22.4. The van der Waals surface area contributed by atoms with Gasteiger partial charge in [-0.15, -0.1) is 0 Å². The molecule has 0 aliphatic heterocycles. The SMILES string of the molecule is CCCCCC=CCC=CCC=CCC=CCC[C@@H](O)C(=O)OC. The average molecular weight is 335 g/mol. The average Bonchev–Trinajstić information content (AvgIpc) is 2.60. The van der Waals surface area contributed by atoms with E-state index in [4.69, 9.17) is 0 Å². The van der Waals surface area contributed by atoms with Crippen LogP contribution >= 0.6 is 0 Å². The fourth-order valence-corrected chi connectivity index (χ4v) is 2.07. The highest BCUT2D eigenvalue weighted by Crippen LogP contribution is 2.02. The molecule has 1 N–H and O–H groups in total. The Morgan fingerprint density at radius 3 is 1.88 bits per heavy atom. The lowest BCUT2D eigenvalue weighted by Crippen LogP contribution is -2.21. The molecule has 1 atom stereocenters. The lowest BCUT2D eigenvalue weighted by Gasteiger charge is -2.05. The summed E-state index contributed by atoms with van der Waals surface area (Å²) in [5, 5.41) is 9.40. The van der Waals surface area contributed by atoms with Crippen molar-refractivity contribution in [3.63, 3.8) is 0 Å². The van der Waals surface area contributed by atoms with E-state index in [0.717, 1.165) is 19.3 Å². The van der Waals surface area contributed by atoms with Gasteiger partial charge in [0.1, 0.15) is 0 Å². The Hall–Kier alpha value is -1.61. The van der Waals surface area contributed by atoms with Gasteiger partial charge in [0.05, 0.1) is 7.11 Å². The van der Waals surface area contributed by atoms with E-state index in [1.54, 1.807) is 0 Å². The van der Waals surface area contributed by atoms with Gasteiger partial charge >= 0.3 is 5.97 Å². The Morgan fingerprint density at radius 2 is 1.38 bits per heavy atom. The van der Waals surface area contributed by atoms with E-state index in [2.05, 4.69) is 48.1 Å². The highest BCUT2D eigenvalue weighted by molar-refractivity contribution is 5.74. The predicted octanol–water partition coefficient (Wildman–Crippen LogP) is 5.28. The van der Waals surface area contributed by atoms with Crippen molar-refractivity contribution in [1.29, 1.82) is 0 Å². The maximum atomic E-state index is 11.0. The first-order valence-corrected chi connectivity index (χ1v) is 9.08. The van der Waals surface area contributed by atoms with Crippen molar-refractivity contribution in [2.75, 3.05) is 7.11 Å². The molecule has 0 saturated heterocycles. The minimum Gasteiger partial charge on any atom is -0.467 e. The summed E-state index contributed by atoms with van der Waals surface area (Å²) in [6, 6.07) is 0. The zero-order valence-corrected chi connectivity index (χ0v) is 15.3. The largest absolute Gasteiger partial charge is 0.467 e. The van der Waals surface area contributed by atoms with Crippen molar-refractivity contribution in [3.8, 4) is 0 Å². The van der Waals surface area contributed by atoms with Crippen molar-refractivity contribution >= 4 is 5.97 Å². The Labute approximate surface area is 147 Å². The number of hydrogen-bond acceptors (Lipinski definition) is 3. The highest BCUT2D eigenvalue weighted by Gasteiger charge is 2.13. The molecule has 3 heteroatoms. The molecule has 136 valence electrons. The third-order valence-corrected chi connectivity index (χ3v) is 3.54. The number of aliphatic hydroxyl groups excluding tert-OH is 1. The summed E-state index contributed by atoms with van der Waals surface area (Å²) >= 11 is 0. The van der Waals surface area contributed by atoms with Gasteiger partial charge in [-0.05, 0) is 44.9 Å². The van der Waals surface area contributed by atoms with E-state index in [0.29, 0.717) is 12.8 Å². The summed E-state index contributed by atoms with van der Waals surface area (Å²) in [5.74, 6) is -0.564. The molecular weight excluding hydrogens is 300 g/mol. The third kappa shape index (κ3) is 15.3. The van der Waals surface area contributed by atoms with Gasteiger partial charge in [-0.25, -0.2) is 4.79 Å². The molecule has 0 unspecified atom stereocenters. The fourth-order valence-electron chi connectivity index (χ4n) is 2.07.